The standard InChI is InChI=1S/C10H23NOSi/c1-2-11-8-5-7-10(13)6-3-4-9-12-10/h11H,2-9H2,1,13H3. The minimum absolute atomic E-state index is 0.327. The van der Waals surface area contributed by atoms with Gasteiger partial charge in [0.2, 0.25) is 0 Å². The van der Waals surface area contributed by atoms with Gasteiger partial charge in [-0.25, -0.2) is 0 Å². The summed E-state index contributed by atoms with van der Waals surface area (Å²) in [5, 5.41) is 3.69. The molecule has 3 heteroatoms. The number of hydrogen-bond acceptors (Lipinski definition) is 2. The van der Waals surface area contributed by atoms with Crippen LogP contribution in [0.25, 0.3) is 0 Å². The van der Waals surface area contributed by atoms with E-state index < -0.39 is 0 Å². The molecule has 0 aliphatic carbocycles. The minimum Gasteiger partial charge on any atom is -0.380 e. The van der Waals surface area contributed by atoms with Gasteiger partial charge in [-0.2, -0.15) is 0 Å². The van der Waals surface area contributed by atoms with Gasteiger partial charge in [-0.05, 0) is 45.2 Å². The maximum atomic E-state index is 5.88. The zero-order valence-corrected chi connectivity index (χ0v) is 11.1. The maximum absolute atomic E-state index is 5.88. The molecule has 1 atom stereocenters. The molecule has 1 saturated heterocycles. The van der Waals surface area contributed by atoms with Crippen LogP contribution in [0.5, 0.6) is 0 Å². The van der Waals surface area contributed by atoms with Gasteiger partial charge in [0, 0.05) is 22.1 Å². The number of nitrogens with one attached hydrogen (secondary N) is 1. The van der Waals surface area contributed by atoms with Crippen molar-refractivity contribution in [3.05, 3.63) is 0 Å². The maximum Gasteiger partial charge on any atom is 0.0486 e. The Bertz CT molecular complexity index is 135. The van der Waals surface area contributed by atoms with E-state index in [-0.39, 0.29) is 0 Å². The highest BCUT2D eigenvalue weighted by Crippen LogP contribution is 2.25. The Morgan fingerprint density at radius 3 is 2.92 bits per heavy atom. The van der Waals surface area contributed by atoms with E-state index >= 15 is 0 Å². The number of hydrogen-bond donors (Lipinski definition) is 1. The average Bonchev–Trinajstić information content (AvgIpc) is 2.14. The molecule has 0 spiro atoms. The van der Waals surface area contributed by atoms with Gasteiger partial charge in [-0.15, -0.1) is 0 Å². The lowest BCUT2D eigenvalue weighted by molar-refractivity contribution is -0.0235. The van der Waals surface area contributed by atoms with Crippen molar-refractivity contribution in [1.29, 1.82) is 0 Å². The molecule has 0 aromatic rings. The van der Waals surface area contributed by atoms with Crippen LogP contribution in [0, 0.1) is 0 Å². The van der Waals surface area contributed by atoms with Crippen molar-refractivity contribution in [1.82, 2.24) is 5.32 Å². The lowest BCUT2D eigenvalue weighted by Gasteiger charge is -2.34. The first kappa shape index (κ1) is 11.2. The Kier molecular flexibility index (Phi) is 4.99. The smallest absolute Gasteiger partial charge is 0.0486 e. The molecule has 1 N–H and O–H groups in total. The molecule has 1 aliphatic heterocycles. The van der Waals surface area contributed by atoms with Crippen molar-refractivity contribution in [3.8, 4) is 0 Å². The lowest BCUT2D eigenvalue weighted by Crippen LogP contribution is -2.37. The third-order valence-corrected chi connectivity index (χ3v) is 4.15. The predicted octanol–water partition coefficient (Wildman–Crippen LogP) is 0.638. The molecule has 0 radical (unpaired) electrons. The lowest BCUT2D eigenvalue weighted by atomic mass is 10.0. The first-order valence-electron chi connectivity index (χ1n) is 5.61. The van der Waals surface area contributed by atoms with Crippen LogP contribution in [0.1, 0.15) is 39.0 Å². The quantitative estimate of drug-likeness (QED) is 0.521. The summed E-state index contributed by atoms with van der Waals surface area (Å²) in [7, 11) is 1.20. The summed E-state index contributed by atoms with van der Waals surface area (Å²) in [4.78, 5) is 0. The first-order valence-corrected chi connectivity index (χ1v) is 6.61. The second-order valence-electron chi connectivity index (χ2n) is 4.21. The van der Waals surface area contributed by atoms with Crippen LogP contribution in [-0.2, 0) is 4.74 Å². The molecular formula is C10H23NOSi. The summed E-state index contributed by atoms with van der Waals surface area (Å²) in [6.07, 6.45) is 6.51. The molecule has 0 bridgehead atoms. The fourth-order valence-corrected chi connectivity index (χ4v) is 2.86. The monoisotopic (exact) mass is 201 g/mol. The van der Waals surface area contributed by atoms with Crippen molar-refractivity contribution in [2.45, 2.75) is 44.3 Å². The number of rotatable bonds is 5. The van der Waals surface area contributed by atoms with Gasteiger partial charge in [0.15, 0.2) is 0 Å². The molecule has 1 unspecified atom stereocenters. The Morgan fingerprint density at radius 1 is 1.46 bits per heavy atom. The molecule has 2 nitrogen and oxygen atoms in total. The molecular weight excluding hydrogens is 178 g/mol. The molecule has 1 rings (SSSR count). The summed E-state index contributed by atoms with van der Waals surface area (Å²) < 4.78 is 5.88. The molecule has 0 aromatic carbocycles. The van der Waals surface area contributed by atoms with E-state index in [2.05, 4.69) is 12.2 Å². The second-order valence-corrected chi connectivity index (χ2v) is 6.04. The van der Waals surface area contributed by atoms with Crippen LogP contribution in [0.2, 0.25) is 0 Å². The fourth-order valence-electron chi connectivity index (χ4n) is 1.95. The molecule has 0 aromatic heterocycles. The van der Waals surface area contributed by atoms with E-state index in [0.29, 0.717) is 5.22 Å². The fraction of sp³-hybridized carbons (Fsp3) is 1.00. The van der Waals surface area contributed by atoms with E-state index in [4.69, 9.17) is 4.74 Å². The van der Waals surface area contributed by atoms with Crippen LogP contribution in [-0.4, -0.2) is 35.2 Å². The predicted molar refractivity (Wildman–Crippen MR) is 60.3 cm³/mol. The number of ether oxygens (including phenoxy) is 1. The Hall–Kier alpha value is 0.137. The van der Waals surface area contributed by atoms with E-state index in [1.165, 1.54) is 42.3 Å². The topological polar surface area (TPSA) is 21.3 Å². The van der Waals surface area contributed by atoms with E-state index in [1.54, 1.807) is 0 Å². The Labute approximate surface area is 84.9 Å². The van der Waals surface area contributed by atoms with Gasteiger partial charge in [0.25, 0.3) is 0 Å². The third kappa shape index (κ3) is 4.25. The van der Waals surface area contributed by atoms with Crippen molar-refractivity contribution in [3.63, 3.8) is 0 Å². The molecule has 13 heavy (non-hydrogen) atoms. The molecule has 1 heterocycles. The minimum atomic E-state index is 0.327. The van der Waals surface area contributed by atoms with Crippen molar-refractivity contribution >= 4 is 10.2 Å². The largest absolute Gasteiger partial charge is 0.380 e. The average molecular weight is 201 g/mol. The Morgan fingerprint density at radius 2 is 2.31 bits per heavy atom. The first-order chi connectivity index (χ1) is 6.27. The van der Waals surface area contributed by atoms with Gasteiger partial charge in [0.1, 0.15) is 0 Å². The van der Waals surface area contributed by atoms with Crippen molar-refractivity contribution < 1.29 is 4.74 Å². The summed E-state index contributed by atoms with van der Waals surface area (Å²) in [6, 6.07) is 0. The molecule has 78 valence electrons. The zero-order valence-electron chi connectivity index (χ0n) is 9.07. The SMILES string of the molecule is CCNCCCC1([SiH3])CCCCO1. The normalized spacial score (nSPS) is 29.3. The third-order valence-electron chi connectivity index (χ3n) is 2.86. The highest BCUT2D eigenvalue weighted by Gasteiger charge is 2.26. The molecule has 1 aliphatic rings. The van der Waals surface area contributed by atoms with Crippen molar-refractivity contribution in [2.75, 3.05) is 19.7 Å². The summed E-state index contributed by atoms with van der Waals surface area (Å²) in [5.74, 6) is 0. The molecule has 1 fully saturated rings. The van der Waals surface area contributed by atoms with E-state index in [0.717, 1.165) is 19.7 Å². The summed E-state index contributed by atoms with van der Waals surface area (Å²) >= 11 is 0. The van der Waals surface area contributed by atoms with Gasteiger partial charge in [0.05, 0.1) is 0 Å². The highest BCUT2D eigenvalue weighted by molar-refractivity contribution is 6.14. The zero-order chi connectivity index (χ0) is 9.57. The van der Waals surface area contributed by atoms with Gasteiger partial charge in [-0.3, -0.25) is 0 Å². The van der Waals surface area contributed by atoms with Crippen molar-refractivity contribution in [2.24, 2.45) is 0 Å². The second kappa shape index (κ2) is 5.78. The van der Waals surface area contributed by atoms with E-state index in [1.807, 2.05) is 0 Å². The summed E-state index contributed by atoms with van der Waals surface area (Å²) in [6.45, 7) is 5.41. The summed E-state index contributed by atoms with van der Waals surface area (Å²) in [5.41, 5.74) is 0. The van der Waals surface area contributed by atoms with Crippen LogP contribution < -0.4 is 5.32 Å². The van der Waals surface area contributed by atoms with Gasteiger partial charge in [-0.1, -0.05) is 6.92 Å². The van der Waals surface area contributed by atoms with Gasteiger partial charge >= 0.3 is 0 Å². The van der Waals surface area contributed by atoms with Crippen LogP contribution in [0.3, 0.4) is 0 Å². The highest BCUT2D eigenvalue weighted by atomic mass is 28.1. The van der Waals surface area contributed by atoms with Crippen LogP contribution >= 0.6 is 0 Å². The Balaban J connectivity index is 2.10. The molecule has 0 saturated carbocycles. The van der Waals surface area contributed by atoms with Crippen LogP contribution in [0.4, 0.5) is 0 Å². The molecule has 0 amide bonds. The van der Waals surface area contributed by atoms with Crippen LogP contribution in [0.15, 0.2) is 0 Å². The van der Waals surface area contributed by atoms with E-state index in [9.17, 15) is 0 Å². The van der Waals surface area contributed by atoms with Gasteiger partial charge < -0.3 is 10.1 Å².